The Kier molecular flexibility index (Phi) is 5.79. The molecule has 6 nitrogen and oxygen atoms in total. The lowest BCUT2D eigenvalue weighted by Gasteiger charge is -2.27. The van der Waals surface area contributed by atoms with E-state index in [1.165, 1.54) is 16.9 Å². The van der Waals surface area contributed by atoms with Gasteiger partial charge in [-0.15, -0.1) is 11.3 Å². The van der Waals surface area contributed by atoms with Gasteiger partial charge in [0.05, 0.1) is 29.7 Å². The van der Waals surface area contributed by atoms with E-state index in [1.807, 2.05) is 19.1 Å². The van der Waals surface area contributed by atoms with Crippen molar-refractivity contribution in [1.29, 1.82) is 0 Å². The van der Waals surface area contributed by atoms with Crippen LogP contribution in [0.2, 0.25) is 0 Å². The molecule has 1 unspecified atom stereocenters. The predicted octanol–water partition coefficient (Wildman–Crippen LogP) is 4.10. The molecule has 1 aliphatic rings. The van der Waals surface area contributed by atoms with Gasteiger partial charge in [-0.25, -0.2) is 13.4 Å². The summed E-state index contributed by atoms with van der Waals surface area (Å²) < 4.78 is 29.2. The van der Waals surface area contributed by atoms with Gasteiger partial charge in [0.25, 0.3) is 5.91 Å². The van der Waals surface area contributed by atoms with Crippen LogP contribution in [0.5, 0.6) is 0 Å². The monoisotopic (exact) mass is 444 g/mol. The Hall–Kier alpha value is -2.45. The van der Waals surface area contributed by atoms with Crippen LogP contribution in [0, 0.1) is 6.92 Å². The number of carbonyl (C=O) groups excluding carboxylic acids is 1. The van der Waals surface area contributed by atoms with Crippen molar-refractivity contribution < 1.29 is 17.6 Å². The second-order valence-corrected chi connectivity index (χ2v) is 10.8. The van der Waals surface area contributed by atoms with E-state index in [4.69, 9.17) is 4.42 Å². The average Bonchev–Trinajstić information content (AvgIpc) is 3.46. The Bertz CT molecular complexity index is 1130. The molecule has 0 aliphatic carbocycles. The van der Waals surface area contributed by atoms with Crippen molar-refractivity contribution in [2.75, 3.05) is 11.5 Å². The number of nitrogens with zero attached hydrogens (tertiary/aromatic N) is 2. The molecular formula is C22H24N2O4S2. The second kappa shape index (κ2) is 8.35. The lowest BCUT2D eigenvalue weighted by atomic mass is 10.1. The van der Waals surface area contributed by atoms with Gasteiger partial charge in [-0.05, 0) is 31.4 Å². The summed E-state index contributed by atoms with van der Waals surface area (Å²) in [5.41, 5.74) is 3.73. The second-order valence-electron chi connectivity index (χ2n) is 7.61. The first-order chi connectivity index (χ1) is 14.4. The fourth-order valence-electron chi connectivity index (χ4n) is 3.70. The summed E-state index contributed by atoms with van der Waals surface area (Å²) in [7, 11) is -3.12. The van der Waals surface area contributed by atoms with Gasteiger partial charge in [-0.2, -0.15) is 0 Å². The molecule has 0 saturated carbocycles. The first kappa shape index (κ1) is 20.8. The third-order valence-electron chi connectivity index (χ3n) is 5.44. The molecule has 2 aromatic heterocycles. The fraction of sp³-hybridized carbons (Fsp3) is 0.364. The SMILES string of the molecule is CCc1ccc(-c2nc(C)c(C(=O)N(Cc3ccoc3)C3CCS(=O)(=O)C3)s2)cc1. The number of rotatable bonds is 6. The molecule has 1 amide bonds. The number of furan rings is 1. The van der Waals surface area contributed by atoms with Gasteiger partial charge < -0.3 is 9.32 Å². The van der Waals surface area contributed by atoms with E-state index in [2.05, 4.69) is 24.0 Å². The standard InChI is InChI=1S/C22H24N2O4S2/c1-3-16-4-6-18(7-5-16)21-23-15(2)20(29-21)22(25)24(12-17-8-10-28-13-17)19-9-11-30(26,27)14-19/h4-8,10,13,19H,3,9,11-12,14H2,1-2H3. The average molecular weight is 445 g/mol. The molecule has 1 saturated heterocycles. The zero-order valence-corrected chi connectivity index (χ0v) is 18.6. The quantitative estimate of drug-likeness (QED) is 0.572. The number of hydrogen-bond donors (Lipinski definition) is 0. The minimum absolute atomic E-state index is 0.000218. The van der Waals surface area contributed by atoms with Crippen LogP contribution < -0.4 is 0 Å². The third-order valence-corrected chi connectivity index (χ3v) is 8.39. The molecule has 3 heterocycles. The summed E-state index contributed by atoms with van der Waals surface area (Å²) >= 11 is 1.36. The largest absolute Gasteiger partial charge is 0.472 e. The predicted molar refractivity (Wildman–Crippen MR) is 117 cm³/mol. The maximum Gasteiger partial charge on any atom is 0.266 e. The molecule has 0 bridgehead atoms. The van der Waals surface area contributed by atoms with Gasteiger partial charge in [0.15, 0.2) is 9.84 Å². The molecule has 158 valence electrons. The van der Waals surface area contributed by atoms with Crippen molar-refractivity contribution in [2.45, 2.75) is 39.3 Å². The van der Waals surface area contributed by atoms with Crippen LogP contribution in [0.4, 0.5) is 0 Å². The zero-order valence-electron chi connectivity index (χ0n) is 17.0. The highest BCUT2D eigenvalue weighted by Gasteiger charge is 2.36. The smallest absolute Gasteiger partial charge is 0.266 e. The number of thiazole rings is 1. The summed E-state index contributed by atoms with van der Waals surface area (Å²) in [4.78, 5) is 20.4. The highest BCUT2D eigenvalue weighted by Crippen LogP contribution is 2.31. The minimum Gasteiger partial charge on any atom is -0.472 e. The lowest BCUT2D eigenvalue weighted by Crippen LogP contribution is -2.40. The Balaban J connectivity index is 1.64. The number of aryl methyl sites for hydroxylation is 2. The molecule has 0 radical (unpaired) electrons. The van der Waals surface area contributed by atoms with Crippen molar-refractivity contribution in [3.05, 3.63) is 64.6 Å². The molecule has 3 aromatic rings. The van der Waals surface area contributed by atoms with Gasteiger partial charge in [-0.1, -0.05) is 31.2 Å². The first-order valence-electron chi connectivity index (χ1n) is 9.95. The topological polar surface area (TPSA) is 80.5 Å². The van der Waals surface area contributed by atoms with E-state index >= 15 is 0 Å². The molecule has 4 rings (SSSR count). The molecule has 8 heteroatoms. The van der Waals surface area contributed by atoms with E-state index in [-0.39, 0.29) is 23.5 Å². The van der Waals surface area contributed by atoms with Crippen LogP contribution in [0.3, 0.4) is 0 Å². The number of carbonyl (C=O) groups is 1. The van der Waals surface area contributed by atoms with E-state index in [0.717, 1.165) is 22.6 Å². The molecule has 0 spiro atoms. The zero-order chi connectivity index (χ0) is 21.3. The van der Waals surface area contributed by atoms with Gasteiger partial charge >= 0.3 is 0 Å². The Morgan fingerprint density at radius 3 is 2.60 bits per heavy atom. The van der Waals surface area contributed by atoms with Gasteiger partial charge in [0, 0.05) is 23.7 Å². The van der Waals surface area contributed by atoms with Crippen molar-refractivity contribution in [1.82, 2.24) is 9.88 Å². The summed E-state index contributed by atoms with van der Waals surface area (Å²) in [5, 5.41) is 0.792. The number of amides is 1. The van der Waals surface area contributed by atoms with Gasteiger partial charge in [-0.3, -0.25) is 4.79 Å². The van der Waals surface area contributed by atoms with Crippen molar-refractivity contribution in [2.24, 2.45) is 0 Å². The molecule has 0 N–H and O–H groups in total. The van der Waals surface area contributed by atoms with Crippen molar-refractivity contribution >= 4 is 27.1 Å². The number of aromatic nitrogens is 1. The van der Waals surface area contributed by atoms with Crippen LogP contribution in [0.25, 0.3) is 10.6 Å². The van der Waals surface area contributed by atoms with E-state index in [1.54, 1.807) is 23.5 Å². The highest BCUT2D eigenvalue weighted by molar-refractivity contribution is 7.91. The van der Waals surface area contributed by atoms with Crippen LogP contribution in [-0.4, -0.2) is 41.8 Å². The Labute approximate surface area is 180 Å². The minimum atomic E-state index is -3.12. The molecular weight excluding hydrogens is 420 g/mol. The highest BCUT2D eigenvalue weighted by atomic mass is 32.2. The first-order valence-corrected chi connectivity index (χ1v) is 12.6. The van der Waals surface area contributed by atoms with Crippen LogP contribution in [-0.2, 0) is 22.8 Å². The summed E-state index contributed by atoms with van der Waals surface area (Å²) in [5.74, 6) is -0.0618. The molecule has 1 aromatic carbocycles. The van der Waals surface area contributed by atoms with Gasteiger partial charge in [0.2, 0.25) is 0 Å². The van der Waals surface area contributed by atoms with Crippen molar-refractivity contribution in [3.63, 3.8) is 0 Å². The molecule has 1 aliphatic heterocycles. The Morgan fingerprint density at radius 2 is 2.00 bits per heavy atom. The summed E-state index contributed by atoms with van der Waals surface area (Å²) in [6.45, 7) is 4.25. The molecule has 30 heavy (non-hydrogen) atoms. The number of hydrogen-bond acceptors (Lipinski definition) is 6. The van der Waals surface area contributed by atoms with Crippen molar-refractivity contribution in [3.8, 4) is 10.6 Å². The number of benzene rings is 1. The third kappa shape index (κ3) is 4.34. The van der Waals surface area contributed by atoms with E-state index in [9.17, 15) is 13.2 Å². The molecule has 1 fully saturated rings. The number of sulfone groups is 1. The van der Waals surface area contributed by atoms with Crippen LogP contribution in [0.15, 0.2) is 47.3 Å². The van der Waals surface area contributed by atoms with E-state index < -0.39 is 9.84 Å². The maximum absolute atomic E-state index is 13.5. The fourth-order valence-corrected chi connectivity index (χ4v) is 6.46. The summed E-state index contributed by atoms with van der Waals surface area (Å²) in [6, 6.07) is 9.65. The van der Waals surface area contributed by atoms with E-state index in [0.29, 0.717) is 23.5 Å². The summed E-state index contributed by atoms with van der Waals surface area (Å²) in [6.07, 6.45) is 4.56. The Morgan fingerprint density at radius 1 is 1.23 bits per heavy atom. The van der Waals surface area contributed by atoms with Gasteiger partial charge in [0.1, 0.15) is 9.88 Å². The normalized spacial score (nSPS) is 17.9. The maximum atomic E-state index is 13.5. The van der Waals surface area contributed by atoms with Crippen LogP contribution >= 0.6 is 11.3 Å². The molecule has 1 atom stereocenters. The van der Waals surface area contributed by atoms with Crippen LogP contribution in [0.1, 0.15) is 39.8 Å². The lowest BCUT2D eigenvalue weighted by molar-refractivity contribution is 0.0684.